The van der Waals surface area contributed by atoms with Crippen molar-refractivity contribution in [3.8, 4) is 0 Å². The molecule has 1 aromatic heterocycles. The van der Waals surface area contributed by atoms with E-state index in [0.29, 0.717) is 5.90 Å². The van der Waals surface area contributed by atoms with Crippen LogP contribution in [0.2, 0.25) is 0 Å². The first-order chi connectivity index (χ1) is 10.3. The summed E-state index contributed by atoms with van der Waals surface area (Å²) in [7, 11) is 0. The fourth-order valence-electron chi connectivity index (χ4n) is 2.73. The molecule has 1 N–H and O–H groups in total. The molecule has 0 saturated carbocycles. The largest absolute Gasteiger partial charge is 0.472 e. The number of rotatable bonds is 2. The van der Waals surface area contributed by atoms with E-state index in [2.05, 4.69) is 23.2 Å². The third-order valence-corrected chi connectivity index (χ3v) is 4.97. The Labute approximate surface area is 126 Å². The maximum absolute atomic E-state index is 8.14. The van der Waals surface area contributed by atoms with E-state index in [1.807, 2.05) is 36.4 Å². The summed E-state index contributed by atoms with van der Waals surface area (Å²) in [6.07, 6.45) is 0.763. The molecule has 1 saturated heterocycles. The van der Waals surface area contributed by atoms with E-state index in [4.69, 9.17) is 10.1 Å². The lowest BCUT2D eigenvalue weighted by Crippen LogP contribution is -2.03. The SMILES string of the molecule is N=C1OC(c2ccccc2)CC1c1nc2ccccc2s1. The van der Waals surface area contributed by atoms with Crippen molar-refractivity contribution in [2.75, 3.05) is 0 Å². The number of ether oxygens (including phenoxy) is 1. The molecular formula is C17H14N2OS. The van der Waals surface area contributed by atoms with Gasteiger partial charge in [-0.25, -0.2) is 4.98 Å². The summed E-state index contributed by atoms with van der Waals surface area (Å²) in [5, 5.41) is 9.13. The Bertz CT molecular complexity index is 764. The highest BCUT2D eigenvalue weighted by molar-refractivity contribution is 7.18. The smallest absolute Gasteiger partial charge is 0.191 e. The van der Waals surface area contributed by atoms with Gasteiger partial charge in [0.15, 0.2) is 5.90 Å². The van der Waals surface area contributed by atoms with Crippen LogP contribution in [0.3, 0.4) is 0 Å². The summed E-state index contributed by atoms with van der Waals surface area (Å²) in [5.74, 6) is 0.315. The Morgan fingerprint density at radius 2 is 1.81 bits per heavy atom. The Kier molecular flexibility index (Phi) is 2.97. The van der Waals surface area contributed by atoms with Crippen LogP contribution in [0.1, 0.15) is 29.0 Å². The normalized spacial score (nSPS) is 21.6. The van der Waals surface area contributed by atoms with E-state index in [0.717, 1.165) is 22.5 Å². The summed E-state index contributed by atoms with van der Waals surface area (Å²) in [6, 6.07) is 18.2. The first kappa shape index (κ1) is 12.5. The Balaban J connectivity index is 1.65. The van der Waals surface area contributed by atoms with Gasteiger partial charge >= 0.3 is 0 Å². The second kappa shape index (κ2) is 4.97. The van der Waals surface area contributed by atoms with Crippen molar-refractivity contribution in [1.29, 1.82) is 5.41 Å². The minimum absolute atomic E-state index is 0.0207. The number of hydrogen-bond acceptors (Lipinski definition) is 4. The summed E-state index contributed by atoms with van der Waals surface area (Å²) in [6.45, 7) is 0. The molecule has 1 fully saturated rings. The number of para-hydroxylation sites is 1. The van der Waals surface area contributed by atoms with Gasteiger partial charge in [0.2, 0.25) is 0 Å². The number of fused-ring (bicyclic) bond motifs is 1. The highest BCUT2D eigenvalue weighted by atomic mass is 32.1. The molecule has 3 aromatic rings. The molecular weight excluding hydrogens is 280 g/mol. The molecule has 0 aliphatic carbocycles. The molecule has 0 amide bonds. The standard InChI is InChI=1S/C17H14N2OS/c18-16-12(10-14(20-16)11-6-2-1-3-7-11)17-19-13-8-4-5-9-15(13)21-17/h1-9,12,14,18H,10H2. The molecule has 1 aliphatic rings. The Morgan fingerprint density at radius 1 is 1.05 bits per heavy atom. The van der Waals surface area contributed by atoms with Crippen molar-refractivity contribution in [3.05, 3.63) is 65.2 Å². The quantitative estimate of drug-likeness (QED) is 0.755. The monoisotopic (exact) mass is 294 g/mol. The lowest BCUT2D eigenvalue weighted by molar-refractivity contribution is 0.222. The predicted molar refractivity (Wildman–Crippen MR) is 85.0 cm³/mol. The van der Waals surface area contributed by atoms with Gasteiger partial charge < -0.3 is 4.74 Å². The van der Waals surface area contributed by atoms with Crippen LogP contribution in [0.25, 0.3) is 10.2 Å². The zero-order valence-electron chi connectivity index (χ0n) is 11.3. The average Bonchev–Trinajstić information content (AvgIpc) is 3.11. The van der Waals surface area contributed by atoms with E-state index < -0.39 is 0 Å². The van der Waals surface area contributed by atoms with Crippen molar-refractivity contribution < 1.29 is 4.74 Å². The van der Waals surface area contributed by atoms with Crippen LogP contribution in [0, 0.1) is 5.41 Å². The van der Waals surface area contributed by atoms with Gasteiger partial charge in [-0.1, -0.05) is 42.5 Å². The summed E-state index contributed by atoms with van der Waals surface area (Å²) in [4.78, 5) is 4.67. The van der Waals surface area contributed by atoms with Crippen molar-refractivity contribution in [1.82, 2.24) is 4.98 Å². The van der Waals surface area contributed by atoms with Crippen molar-refractivity contribution in [2.24, 2.45) is 0 Å². The maximum Gasteiger partial charge on any atom is 0.191 e. The molecule has 0 spiro atoms. The highest BCUT2D eigenvalue weighted by Gasteiger charge is 2.35. The molecule has 2 aromatic carbocycles. The Hall–Kier alpha value is -2.20. The van der Waals surface area contributed by atoms with Gasteiger partial charge in [0.25, 0.3) is 0 Å². The molecule has 0 radical (unpaired) electrons. The number of thiazole rings is 1. The van der Waals surface area contributed by atoms with Gasteiger partial charge in [0.1, 0.15) is 11.1 Å². The number of hydrogen-bond donors (Lipinski definition) is 1. The molecule has 3 nitrogen and oxygen atoms in total. The van der Waals surface area contributed by atoms with E-state index in [1.54, 1.807) is 11.3 Å². The fraction of sp³-hybridized carbons (Fsp3) is 0.176. The van der Waals surface area contributed by atoms with Crippen LogP contribution in [0.5, 0.6) is 0 Å². The van der Waals surface area contributed by atoms with Crippen molar-refractivity contribution in [2.45, 2.75) is 18.4 Å². The van der Waals surface area contributed by atoms with E-state index in [9.17, 15) is 0 Å². The third-order valence-electron chi connectivity index (χ3n) is 3.82. The third kappa shape index (κ3) is 2.21. The average molecular weight is 294 g/mol. The van der Waals surface area contributed by atoms with Crippen LogP contribution in [0.4, 0.5) is 0 Å². The molecule has 0 bridgehead atoms. The second-order valence-corrected chi connectivity index (χ2v) is 6.25. The van der Waals surface area contributed by atoms with Crippen LogP contribution in [-0.4, -0.2) is 10.9 Å². The summed E-state index contributed by atoms with van der Waals surface area (Å²) < 4.78 is 6.93. The molecule has 2 atom stereocenters. The number of aromatic nitrogens is 1. The van der Waals surface area contributed by atoms with Gasteiger partial charge in [-0.15, -0.1) is 11.3 Å². The van der Waals surface area contributed by atoms with Gasteiger partial charge in [-0.3, -0.25) is 5.41 Å². The minimum atomic E-state index is -0.0317. The minimum Gasteiger partial charge on any atom is -0.472 e. The molecule has 21 heavy (non-hydrogen) atoms. The van der Waals surface area contributed by atoms with Gasteiger partial charge in [0.05, 0.1) is 16.1 Å². The number of nitrogens with one attached hydrogen (secondary N) is 1. The molecule has 2 unspecified atom stereocenters. The lowest BCUT2D eigenvalue weighted by Gasteiger charge is -2.08. The summed E-state index contributed by atoms with van der Waals surface area (Å²) >= 11 is 1.66. The highest BCUT2D eigenvalue weighted by Crippen LogP contribution is 2.41. The van der Waals surface area contributed by atoms with E-state index in [-0.39, 0.29) is 12.0 Å². The van der Waals surface area contributed by atoms with Crippen LogP contribution in [-0.2, 0) is 4.74 Å². The molecule has 1 aliphatic heterocycles. The topological polar surface area (TPSA) is 46.0 Å². The lowest BCUT2D eigenvalue weighted by atomic mass is 10.0. The Morgan fingerprint density at radius 3 is 2.62 bits per heavy atom. The molecule has 2 heterocycles. The number of benzene rings is 2. The first-order valence-electron chi connectivity index (χ1n) is 6.97. The molecule has 4 heteroatoms. The van der Waals surface area contributed by atoms with Crippen molar-refractivity contribution >= 4 is 27.5 Å². The fourth-order valence-corrected chi connectivity index (χ4v) is 3.81. The predicted octanol–water partition coefficient (Wildman–Crippen LogP) is 4.52. The maximum atomic E-state index is 8.14. The van der Waals surface area contributed by atoms with Crippen LogP contribution >= 0.6 is 11.3 Å². The van der Waals surface area contributed by atoms with Crippen LogP contribution in [0.15, 0.2) is 54.6 Å². The first-order valence-corrected chi connectivity index (χ1v) is 7.78. The van der Waals surface area contributed by atoms with Crippen molar-refractivity contribution in [3.63, 3.8) is 0 Å². The van der Waals surface area contributed by atoms with E-state index >= 15 is 0 Å². The second-order valence-electron chi connectivity index (χ2n) is 5.19. The number of nitrogens with zero attached hydrogens (tertiary/aromatic N) is 1. The zero-order chi connectivity index (χ0) is 14.2. The molecule has 4 rings (SSSR count). The molecule has 104 valence electrons. The zero-order valence-corrected chi connectivity index (χ0v) is 12.1. The van der Waals surface area contributed by atoms with Gasteiger partial charge in [-0.05, 0) is 17.7 Å². The van der Waals surface area contributed by atoms with Crippen LogP contribution < -0.4 is 0 Å². The summed E-state index contributed by atoms with van der Waals surface area (Å²) in [5.41, 5.74) is 2.14. The van der Waals surface area contributed by atoms with Gasteiger partial charge in [0, 0.05) is 6.42 Å². The van der Waals surface area contributed by atoms with E-state index in [1.165, 1.54) is 4.70 Å². The van der Waals surface area contributed by atoms with Gasteiger partial charge in [-0.2, -0.15) is 0 Å².